The van der Waals surface area contributed by atoms with Gasteiger partial charge in [0, 0.05) is 24.9 Å². The maximum absolute atomic E-state index is 11.3. The molecule has 0 radical (unpaired) electrons. The number of carbonyl (C=O) groups is 1. The van der Waals surface area contributed by atoms with E-state index < -0.39 is 0 Å². The summed E-state index contributed by atoms with van der Waals surface area (Å²) >= 11 is 0. The average molecular weight is 205 g/mol. The Hall–Kier alpha value is -0.120. The zero-order chi connectivity index (χ0) is 8.44. The van der Waals surface area contributed by atoms with Crippen LogP contribution < -0.4 is 10.6 Å². The number of piperidine rings is 2. The molecule has 0 amide bonds. The second-order valence-electron chi connectivity index (χ2n) is 3.92. The van der Waals surface area contributed by atoms with Crippen LogP contribution >= 0.6 is 12.4 Å². The SMILES string of the molecule is Cl.O=C1CCNC2(CCNCC2)C1. The first-order chi connectivity index (χ1) is 5.81. The highest BCUT2D eigenvalue weighted by Crippen LogP contribution is 2.25. The fraction of sp³-hybridized carbons (Fsp3) is 0.889. The molecule has 2 fully saturated rings. The Morgan fingerprint density at radius 1 is 1.15 bits per heavy atom. The number of hydrogen-bond donors (Lipinski definition) is 2. The molecule has 2 rings (SSSR count). The summed E-state index contributed by atoms with van der Waals surface area (Å²) in [6.07, 6.45) is 3.71. The summed E-state index contributed by atoms with van der Waals surface area (Å²) < 4.78 is 0. The minimum absolute atomic E-state index is 0. The lowest BCUT2D eigenvalue weighted by molar-refractivity contribution is -0.122. The minimum atomic E-state index is 0. The first-order valence-corrected chi connectivity index (χ1v) is 4.78. The summed E-state index contributed by atoms with van der Waals surface area (Å²) in [5.74, 6) is 0.440. The Labute approximate surface area is 85.1 Å². The van der Waals surface area contributed by atoms with E-state index in [9.17, 15) is 4.79 Å². The van der Waals surface area contributed by atoms with Crippen molar-refractivity contribution in [1.29, 1.82) is 0 Å². The molecule has 0 aromatic heterocycles. The minimum Gasteiger partial charge on any atom is -0.317 e. The molecule has 2 N–H and O–H groups in total. The fourth-order valence-corrected chi connectivity index (χ4v) is 2.25. The Morgan fingerprint density at radius 3 is 2.46 bits per heavy atom. The number of ketones is 1. The van der Waals surface area contributed by atoms with Crippen LogP contribution in [0.4, 0.5) is 0 Å². The second kappa shape index (κ2) is 4.40. The third-order valence-electron chi connectivity index (χ3n) is 3.00. The zero-order valence-electron chi connectivity index (χ0n) is 7.77. The number of rotatable bonds is 0. The second-order valence-corrected chi connectivity index (χ2v) is 3.92. The first kappa shape index (κ1) is 11.0. The molecule has 0 aromatic rings. The van der Waals surface area contributed by atoms with E-state index in [0.29, 0.717) is 5.78 Å². The summed E-state index contributed by atoms with van der Waals surface area (Å²) in [5, 5.41) is 6.82. The van der Waals surface area contributed by atoms with Crippen molar-refractivity contribution in [1.82, 2.24) is 10.6 Å². The molecule has 2 aliphatic heterocycles. The van der Waals surface area contributed by atoms with Gasteiger partial charge in [-0.25, -0.2) is 0 Å². The molecule has 3 nitrogen and oxygen atoms in total. The highest BCUT2D eigenvalue weighted by Gasteiger charge is 2.35. The number of hydrogen-bond acceptors (Lipinski definition) is 3. The van der Waals surface area contributed by atoms with Crippen LogP contribution in [0, 0.1) is 0 Å². The molecule has 2 saturated heterocycles. The van der Waals surface area contributed by atoms with Crippen molar-refractivity contribution < 1.29 is 4.79 Å². The average Bonchev–Trinajstić information content (AvgIpc) is 2.05. The van der Waals surface area contributed by atoms with Gasteiger partial charge in [-0.2, -0.15) is 0 Å². The number of carbonyl (C=O) groups excluding carboxylic acids is 1. The summed E-state index contributed by atoms with van der Waals surface area (Å²) in [6, 6.07) is 0. The van der Waals surface area contributed by atoms with Crippen molar-refractivity contribution >= 4 is 18.2 Å². The molecular weight excluding hydrogens is 188 g/mol. The van der Waals surface area contributed by atoms with Crippen molar-refractivity contribution in [2.75, 3.05) is 19.6 Å². The monoisotopic (exact) mass is 204 g/mol. The van der Waals surface area contributed by atoms with Gasteiger partial charge in [-0.1, -0.05) is 0 Å². The standard InChI is InChI=1S/C9H16N2O.ClH/c12-8-1-4-11-9(7-8)2-5-10-6-3-9;/h10-11H,1-7H2;1H. The lowest BCUT2D eigenvalue weighted by atomic mass is 9.80. The van der Waals surface area contributed by atoms with E-state index in [0.717, 1.165) is 45.3 Å². The molecule has 0 aromatic carbocycles. The van der Waals surface area contributed by atoms with Crippen LogP contribution in [0.2, 0.25) is 0 Å². The van der Waals surface area contributed by atoms with Crippen molar-refractivity contribution in [2.24, 2.45) is 0 Å². The molecule has 0 saturated carbocycles. The van der Waals surface area contributed by atoms with Crippen LogP contribution in [0.25, 0.3) is 0 Å². The van der Waals surface area contributed by atoms with E-state index in [1.165, 1.54) is 0 Å². The Balaban J connectivity index is 0.000000845. The van der Waals surface area contributed by atoms with Gasteiger partial charge in [-0.15, -0.1) is 12.4 Å². The van der Waals surface area contributed by atoms with Crippen LogP contribution in [-0.4, -0.2) is 31.0 Å². The van der Waals surface area contributed by atoms with Gasteiger partial charge in [0.15, 0.2) is 0 Å². The normalized spacial score (nSPS) is 26.9. The summed E-state index contributed by atoms with van der Waals surface area (Å²) in [4.78, 5) is 11.3. The zero-order valence-corrected chi connectivity index (χ0v) is 8.58. The van der Waals surface area contributed by atoms with Gasteiger partial charge in [0.25, 0.3) is 0 Å². The van der Waals surface area contributed by atoms with Crippen LogP contribution in [0.5, 0.6) is 0 Å². The van der Waals surface area contributed by atoms with Gasteiger partial charge in [0.1, 0.15) is 5.78 Å². The number of halogens is 1. The third-order valence-corrected chi connectivity index (χ3v) is 3.00. The maximum atomic E-state index is 11.3. The number of nitrogens with one attached hydrogen (secondary N) is 2. The summed E-state index contributed by atoms with van der Waals surface area (Å²) in [6.45, 7) is 3.00. The molecule has 0 aliphatic carbocycles. The molecule has 13 heavy (non-hydrogen) atoms. The van der Waals surface area contributed by atoms with E-state index in [1.54, 1.807) is 0 Å². The Bertz CT molecular complexity index is 185. The van der Waals surface area contributed by atoms with E-state index in [2.05, 4.69) is 10.6 Å². The highest BCUT2D eigenvalue weighted by molar-refractivity contribution is 5.85. The largest absolute Gasteiger partial charge is 0.317 e. The predicted octanol–water partition coefficient (Wildman–Crippen LogP) is 0.483. The van der Waals surface area contributed by atoms with Gasteiger partial charge in [-0.3, -0.25) is 4.79 Å². The van der Waals surface area contributed by atoms with Gasteiger partial charge in [-0.05, 0) is 25.9 Å². The van der Waals surface area contributed by atoms with Crippen LogP contribution in [0.1, 0.15) is 25.7 Å². The molecule has 76 valence electrons. The van der Waals surface area contributed by atoms with Crippen molar-refractivity contribution in [2.45, 2.75) is 31.2 Å². The first-order valence-electron chi connectivity index (χ1n) is 4.78. The molecule has 2 heterocycles. The maximum Gasteiger partial charge on any atom is 0.136 e. The van der Waals surface area contributed by atoms with Crippen molar-refractivity contribution in [3.63, 3.8) is 0 Å². The predicted molar refractivity (Wildman–Crippen MR) is 54.3 cm³/mol. The summed E-state index contributed by atoms with van der Waals surface area (Å²) in [7, 11) is 0. The Kier molecular flexibility index (Phi) is 3.71. The quantitative estimate of drug-likeness (QED) is 0.603. The molecule has 4 heteroatoms. The van der Waals surface area contributed by atoms with Gasteiger partial charge in [0.2, 0.25) is 0 Å². The van der Waals surface area contributed by atoms with Gasteiger partial charge < -0.3 is 10.6 Å². The summed E-state index contributed by atoms with van der Waals surface area (Å²) in [5.41, 5.74) is 0.167. The molecule has 0 bridgehead atoms. The van der Waals surface area contributed by atoms with Gasteiger partial charge in [0.05, 0.1) is 0 Å². The number of Topliss-reactive ketones (excluding diaryl/α,β-unsaturated/α-hetero) is 1. The lowest BCUT2D eigenvalue weighted by Gasteiger charge is -2.40. The van der Waals surface area contributed by atoms with Crippen molar-refractivity contribution in [3.8, 4) is 0 Å². The van der Waals surface area contributed by atoms with E-state index in [1.807, 2.05) is 0 Å². The molecule has 0 atom stereocenters. The third kappa shape index (κ3) is 2.42. The lowest BCUT2D eigenvalue weighted by Crippen LogP contribution is -2.56. The van der Waals surface area contributed by atoms with E-state index in [-0.39, 0.29) is 17.9 Å². The molecule has 1 spiro atoms. The molecule has 0 unspecified atom stereocenters. The van der Waals surface area contributed by atoms with Crippen molar-refractivity contribution in [3.05, 3.63) is 0 Å². The topological polar surface area (TPSA) is 41.1 Å². The highest BCUT2D eigenvalue weighted by atomic mass is 35.5. The smallest absolute Gasteiger partial charge is 0.136 e. The fourth-order valence-electron chi connectivity index (χ4n) is 2.25. The van der Waals surface area contributed by atoms with E-state index in [4.69, 9.17) is 0 Å². The van der Waals surface area contributed by atoms with Crippen LogP contribution in [-0.2, 0) is 4.79 Å². The van der Waals surface area contributed by atoms with E-state index >= 15 is 0 Å². The molecule has 2 aliphatic rings. The van der Waals surface area contributed by atoms with Crippen LogP contribution in [0.3, 0.4) is 0 Å². The Morgan fingerprint density at radius 2 is 1.85 bits per heavy atom. The molecular formula is C9H17ClN2O. The van der Waals surface area contributed by atoms with Gasteiger partial charge >= 0.3 is 0 Å². The van der Waals surface area contributed by atoms with Crippen LogP contribution in [0.15, 0.2) is 0 Å².